The van der Waals surface area contributed by atoms with Gasteiger partial charge in [-0.15, -0.1) is 11.8 Å². The van der Waals surface area contributed by atoms with E-state index in [1.54, 1.807) is 5.56 Å². The van der Waals surface area contributed by atoms with Gasteiger partial charge in [0.1, 0.15) is 0 Å². The summed E-state index contributed by atoms with van der Waals surface area (Å²) >= 11 is 2.09. The third kappa shape index (κ3) is 3.17. The Hall–Kier alpha value is -0.470. The van der Waals surface area contributed by atoms with E-state index in [4.69, 9.17) is 0 Å². The summed E-state index contributed by atoms with van der Waals surface area (Å²) in [6, 6.07) is 9.75. The SMILES string of the molecule is CC1CCC(N(C)CC2Cc3ccccc3S2)CC1. The normalized spacial score (nSPS) is 30.6. The first-order valence-electron chi connectivity index (χ1n) is 7.67. The first-order valence-corrected chi connectivity index (χ1v) is 8.55. The molecule has 0 aromatic heterocycles. The van der Waals surface area contributed by atoms with Crippen LogP contribution >= 0.6 is 11.8 Å². The van der Waals surface area contributed by atoms with Crippen LogP contribution in [0.3, 0.4) is 0 Å². The van der Waals surface area contributed by atoms with Crippen molar-refractivity contribution in [2.45, 2.75) is 55.2 Å². The Labute approximate surface area is 121 Å². The molecule has 19 heavy (non-hydrogen) atoms. The standard InChI is InChI=1S/C17H25NS/c1-13-7-9-15(10-8-13)18(2)12-16-11-14-5-3-4-6-17(14)19-16/h3-6,13,15-16H,7-12H2,1-2H3. The van der Waals surface area contributed by atoms with Crippen molar-refractivity contribution in [3.63, 3.8) is 0 Å². The van der Waals surface area contributed by atoms with Crippen LogP contribution in [-0.2, 0) is 6.42 Å². The van der Waals surface area contributed by atoms with Crippen molar-refractivity contribution in [2.75, 3.05) is 13.6 Å². The molecular formula is C17H25NS. The lowest BCUT2D eigenvalue weighted by Gasteiger charge is -2.34. The van der Waals surface area contributed by atoms with Crippen LogP contribution in [0.15, 0.2) is 29.2 Å². The second-order valence-corrected chi connectivity index (χ2v) is 7.75. The van der Waals surface area contributed by atoms with Crippen molar-refractivity contribution in [2.24, 2.45) is 5.92 Å². The van der Waals surface area contributed by atoms with Crippen LogP contribution in [0, 0.1) is 5.92 Å². The van der Waals surface area contributed by atoms with Crippen LogP contribution in [0.25, 0.3) is 0 Å². The van der Waals surface area contributed by atoms with E-state index in [1.165, 1.54) is 43.5 Å². The Morgan fingerprint density at radius 1 is 1.16 bits per heavy atom. The molecule has 1 fully saturated rings. The van der Waals surface area contributed by atoms with Gasteiger partial charge in [0.2, 0.25) is 0 Å². The fourth-order valence-corrected chi connectivity index (χ4v) is 4.90. The molecule has 1 aromatic rings. The minimum atomic E-state index is 0.766. The van der Waals surface area contributed by atoms with Gasteiger partial charge in [-0.25, -0.2) is 0 Å². The summed E-state index contributed by atoms with van der Waals surface area (Å²) in [5, 5.41) is 0.766. The molecule has 0 amide bonds. The summed E-state index contributed by atoms with van der Waals surface area (Å²) < 4.78 is 0. The van der Waals surface area contributed by atoms with Crippen molar-refractivity contribution >= 4 is 11.8 Å². The van der Waals surface area contributed by atoms with E-state index in [9.17, 15) is 0 Å². The number of benzene rings is 1. The molecule has 2 aliphatic rings. The Bertz CT molecular complexity index is 398. The lowest BCUT2D eigenvalue weighted by atomic mass is 9.86. The van der Waals surface area contributed by atoms with Crippen molar-refractivity contribution in [1.29, 1.82) is 0 Å². The molecule has 0 radical (unpaired) electrons. The molecule has 1 saturated carbocycles. The van der Waals surface area contributed by atoms with Gasteiger partial charge in [-0.2, -0.15) is 0 Å². The molecular weight excluding hydrogens is 250 g/mol. The van der Waals surface area contributed by atoms with E-state index in [1.807, 2.05) is 0 Å². The van der Waals surface area contributed by atoms with E-state index >= 15 is 0 Å². The van der Waals surface area contributed by atoms with Gasteiger partial charge in [0.15, 0.2) is 0 Å². The molecule has 1 atom stereocenters. The topological polar surface area (TPSA) is 3.24 Å². The third-order valence-corrected chi connectivity index (χ3v) is 6.12. The number of fused-ring (bicyclic) bond motifs is 1. The number of nitrogens with zero attached hydrogens (tertiary/aromatic N) is 1. The molecule has 1 heterocycles. The summed E-state index contributed by atoms with van der Waals surface area (Å²) in [6.45, 7) is 3.65. The van der Waals surface area contributed by atoms with E-state index < -0.39 is 0 Å². The van der Waals surface area contributed by atoms with Gasteiger partial charge in [-0.05, 0) is 56.7 Å². The fraction of sp³-hybridized carbons (Fsp3) is 0.647. The van der Waals surface area contributed by atoms with Crippen LogP contribution in [0.1, 0.15) is 38.2 Å². The zero-order valence-corrected chi connectivity index (χ0v) is 13.0. The summed E-state index contributed by atoms with van der Waals surface area (Å²) in [7, 11) is 2.34. The zero-order valence-electron chi connectivity index (χ0n) is 12.1. The maximum absolute atomic E-state index is 2.63. The number of hydrogen-bond acceptors (Lipinski definition) is 2. The Morgan fingerprint density at radius 3 is 2.63 bits per heavy atom. The zero-order chi connectivity index (χ0) is 13.2. The van der Waals surface area contributed by atoms with Crippen LogP contribution in [0.5, 0.6) is 0 Å². The predicted octanol–water partition coefficient (Wildman–Crippen LogP) is 4.21. The number of thioether (sulfide) groups is 1. The molecule has 1 aliphatic carbocycles. The molecule has 3 rings (SSSR count). The van der Waals surface area contributed by atoms with Gasteiger partial charge in [0, 0.05) is 22.7 Å². The number of hydrogen-bond donors (Lipinski definition) is 0. The van der Waals surface area contributed by atoms with Crippen LogP contribution in [-0.4, -0.2) is 29.8 Å². The molecule has 1 aromatic carbocycles. The average Bonchev–Trinajstić information content (AvgIpc) is 2.81. The van der Waals surface area contributed by atoms with Crippen LogP contribution in [0.4, 0.5) is 0 Å². The van der Waals surface area contributed by atoms with Crippen LogP contribution in [0.2, 0.25) is 0 Å². The maximum atomic E-state index is 2.63. The first-order chi connectivity index (χ1) is 9.22. The van der Waals surface area contributed by atoms with E-state index in [2.05, 4.69) is 54.9 Å². The highest BCUT2D eigenvalue weighted by Crippen LogP contribution is 2.37. The van der Waals surface area contributed by atoms with Gasteiger partial charge in [0.25, 0.3) is 0 Å². The largest absolute Gasteiger partial charge is 0.302 e. The van der Waals surface area contributed by atoms with Crippen molar-refractivity contribution < 1.29 is 0 Å². The second kappa shape index (κ2) is 5.88. The highest BCUT2D eigenvalue weighted by Gasteiger charge is 2.27. The van der Waals surface area contributed by atoms with Gasteiger partial charge in [-0.1, -0.05) is 25.1 Å². The smallest absolute Gasteiger partial charge is 0.0263 e. The monoisotopic (exact) mass is 275 g/mol. The second-order valence-electron chi connectivity index (χ2n) is 6.40. The number of rotatable bonds is 3. The highest BCUT2D eigenvalue weighted by atomic mass is 32.2. The predicted molar refractivity (Wildman–Crippen MR) is 83.8 cm³/mol. The summed E-state index contributed by atoms with van der Waals surface area (Å²) in [5.74, 6) is 0.953. The molecule has 0 spiro atoms. The van der Waals surface area contributed by atoms with E-state index in [0.717, 1.165) is 17.2 Å². The maximum Gasteiger partial charge on any atom is 0.0263 e. The quantitative estimate of drug-likeness (QED) is 0.813. The van der Waals surface area contributed by atoms with Gasteiger partial charge in [0.05, 0.1) is 0 Å². The lowest BCUT2D eigenvalue weighted by molar-refractivity contribution is 0.171. The highest BCUT2D eigenvalue weighted by molar-refractivity contribution is 8.00. The lowest BCUT2D eigenvalue weighted by Crippen LogP contribution is -2.38. The Kier molecular flexibility index (Phi) is 4.18. The van der Waals surface area contributed by atoms with E-state index in [-0.39, 0.29) is 0 Å². The summed E-state index contributed by atoms with van der Waals surface area (Å²) in [5.41, 5.74) is 1.56. The molecule has 2 heteroatoms. The minimum Gasteiger partial charge on any atom is -0.302 e. The minimum absolute atomic E-state index is 0.766. The average molecular weight is 275 g/mol. The van der Waals surface area contributed by atoms with Crippen molar-refractivity contribution in [1.82, 2.24) is 4.90 Å². The van der Waals surface area contributed by atoms with Gasteiger partial charge in [-0.3, -0.25) is 0 Å². The fourth-order valence-electron chi connectivity index (χ4n) is 3.51. The van der Waals surface area contributed by atoms with Gasteiger partial charge >= 0.3 is 0 Å². The van der Waals surface area contributed by atoms with Crippen LogP contribution < -0.4 is 0 Å². The summed E-state index contributed by atoms with van der Waals surface area (Å²) in [4.78, 5) is 4.15. The molecule has 0 N–H and O–H groups in total. The Balaban J connectivity index is 1.53. The van der Waals surface area contributed by atoms with Gasteiger partial charge < -0.3 is 4.90 Å². The molecule has 0 saturated heterocycles. The molecule has 1 aliphatic heterocycles. The third-order valence-electron chi connectivity index (χ3n) is 4.81. The molecule has 1 nitrogen and oxygen atoms in total. The Morgan fingerprint density at radius 2 is 1.89 bits per heavy atom. The first kappa shape index (κ1) is 13.5. The van der Waals surface area contributed by atoms with Crippen molar-refractivity contribution in [3.8, 4) is 0 Å². The molecule has 104 valence electrons. The van der Waals surface area contributed by atoms with Crippen molar-refractivity contribution in [3.05, 3.63) is 29.8 Å². The molecule has 1 unspecified atom stereocenters. The summed E-state index contributed by atoms with van der Waals surface area (Å²) in [6.07, 6.45) is 6.92. The van der Waals surface area contributed by atoms with E-state index in [0.29, 0.717) is 0 Å². The molecule has 0 bridgehead atoms.